The highest BCUT2D eigenvalue weighted by atomic mass is 32.1. The molecule has 0 aliphatic carbocycles. The first kappa shape index (κ1) is 15.9. The quantitative estimate of drug-likeness (QED) is 0.877. The largest absolute Gasteiger partial charge is 0.396 e. The minimum Gasteiger partial charge on any atom is -0.396 e. The van der Waals surface area contributed by atoms with Gasteiger partial charge in [0.05, 0.1) is 10.7 Å². The number of nitrogens with one attached hydrogen (secondary N) is 1. The van der Waals surface area contributed by atoms with Crippen molar-refractivity contribution in [1.82, 2.24) is 10.3 Å². The van der Waals surface area contributed by atoms with Gasteiger partial charge >= 0.3 is 0 Å². The summed E-state index contributed by atoms with van der Waals surface area (Å²) in [5.74, 6) is 0. The molecule has 1 fully saturated rings. The van der Waals surface area contributed by atoms with Gasteiger partial charge in [-0.3, -0.25) is 0 Å². The molecule has 0 bridgehead atoms. The Balaban J connectivity index is 1.97. The summed E-state index contributed by atoms with van der Waals surface area (Å²) in [6, 6.07) is 0. The standard InChI is InChI=1S/C15H26N2O2S/c1-14(2,3)13-17-12(11-20-13)10-16-15(4-7-18)5-8-19-9-6-15/h11,16,18H,4-10H2,1-3H3. The van der Waals surface area contributed by atoms with Gasteiger partial charge in [-0.25, -0.2) is 4.98 Å². The van der Waals surface area contributed by atoms with Crippen molar-refractivity contribution in [2.45, 2.75) is 57.5 Å². The Bertz CT molecular complexity index is 414. The lowest BCUT2D eigenvalue weighted by molar-refractivity contribution is 0.0266. The number of ether oxygens (including phenoxy) is 1. The molecule has 114 valence electrons. The predicted molar refractivity (Wildman–Crippen MR) is 82.1 cm³/mol. The van der Waals surface area contributed by atoms with Gasteiger partial charge in [-0.1, -0.05) is 20.8 Å². The molecule has 1 aromatic rings. The second kappa shape index (κ2) is 6.52. The number of hydrogen-bond donors (Lipinski definition) is 2. The fourth-order valence-corrected chi connectivity index (χ4v) is 3.41. The summed E-state index contributed by atoms with van der Waals surface area (Å²) in [7, 11) is 0. The zero-order valence-corrected chi connectivity index (χ0v) is 13.6. The van der Waals surface area contributed by atoms with Crippen molar-refractivity contribution >= 4 is 11.3 Å². The maximum atomic E-state index is 9.30. The van der Waals surface area contributed by atoms with E-state index in [9.17, 15) is 5.11 Å². The van der Waals surface area contributed by atoms with Crippen LogP contribution in [-0.2, 0) is 16.7 Å². The van der Waals surface area contributed by atoms with E-state index in [-0.39, 0.29) is 17.6 Å². The van der Waals surface area contributed by atoms with E-state index < -0.39 is 0 Å². The van der Waals surface area contributed by atoms with Gasteiger partial charge in [0.25, 0.3) is 0 Å². The van der Waals surface area contributed by atoms with Gasteiger partial charge in [-0.05, 0) is 19.3 Å². The minimum absolute atomic E-state index is 0.0124. The average Bonchev–Trinajstić information content (AvgIpc) is 2.87. The Morgan fingerprint density at radius 1 is 1.40 bits per heavy atom. The maximum absolute atomic E-state index is 9.30. The van der Waals surface area contributed by atoms with E-state index in [4.69, 9.17) is 9.72 Å². The van der Waals surface area contributed by atoms with Crippen LogP contribution in [0.4, 0.5) is 0 Å². The molecule has 20 heavy (non-hydrogen) atoms. The van der Waals surface area contributed by atoms with Crippen molar-refractivity contribution in [3.05, 3.63) is 16.1 Å². The van der Waals surface area contributed by atoms with E-state index in [0.29, 0.717) is 0 Å². The number of aromatic nitrogens is 1. The third kappa shape index (κ3) is 4.01. The fraction of sp³-hybridized carbons (Fsp3) is 0.800. The number of nitrogens with zero attached hydrogens (tertiary/aromatic N) is 1. The van der Waals surface area contributed by atoms with Gasteiger partial charge in [-0.2, -0.15) is 0 Å². The second-order valence-electron chi connectivity index (χ2n) is 6.61. The highest BCUT2D eigenvalue weighted by Gasteiger charge is 2.31. The van der Waals surface area contributed by atoms with Crippen LogP contribution in [0, 0.1) is 0 Å². The fourth-order valence-electron chi connectivity index (χ4n) is 2.50. The summed E-state index contributed by atoms with van der Waals surface area (Å²) in [5, 5.41) is 16.2. The topological polar surface area (TPSA) is 54.4 Å². The molecule has 2 heterocycles. The Morgan fingerprint density at radius 2 is 2.10 bits per heavy atom. The van der Waals surface area contributed by atoms with Crippen molar-refractivity contribution in [3.8, 4) is 0 Å². The molecule has 1 aliphatic rings. The molecule has 1 aliphatic heterocycles. The molecule has 0 radical (unpaired) electrons. The zero-order valence-electron chi connectivity index (χ0n) is 12.7. The van der Waals surface area contributed by atoms with Gasteiger partial charge in [0.15, 0.2) is 0 Å². The van der Waals surface area contributed by atoms with E-state index in [1.807, 2.05) is 0 Å². The Kier molecular flexibility index (Phi) is 5.18. The second-order valence-corrected chi connectivity index (χ2v) is 7.47. The van der Waals surface area contributed by atoms with E-state index >= 15 is 0 Å². The van der Waals surface area contributed by atoms with Crippen LogP contribution in [0.5, 0.6) is 0 Å². The van der Waals surface area contributed by atoms with Crippen LogP contribution >= 0.6 is 11.3 Å². The molecule has 0 atom stereocenters. The third-order valence-corrected chi connectivity index (χ3v) is 5.19. The number of aliphatic hydroxyl groups excluding tert-OH is 1. The molecule has 0 spiro atoms. The Hall–Kier alpha value is -0.490. The molecule has 0 saturated carbocycles. The lowest BCUT2D eigenvalue weighted by Crippen LogP contribution is -2.49. The third-order valence-electron chi connectivity index (χ3n) is 3.88. The van der Waals surface area contributed by atoms with Gasteiger partial charge in [0.1, 0.15) is 0 Å². The summed E-state index contributed by atoms with van der Waals surface area (Å²) < 4.78 is 5.44. The molecule has 1 saturated heterocycles. The Labute approximate surface area is 125 Å². The summed E-state index contributed by atoms with van der Waals surface area (Å²) in [6.45, 7) is 9.11. The van der Waals surface area contributed by atoms with Crippen LogP contribution in [0.25, 0.3) is 0 Å². The highest BCUT2D eigenvalue weighted by molar-refractivity contribution is 7.09. The van der Waals surface area contributed by atoms with Crippen molar-refractivity contribution in [3.63, 3.8) is 0 Å². The number of rotatable bonds is 5. The SMILES string of the molecule is CC(C)(C)c1nc(CNC2(CCO)CCOCC2)cs1. The van der Waals surface area contributed by atoms with E-state index in [2.05, 4.69) is 31.5 Å². The number of thiazole rings is 1. The van der Waals surface area contributed by atoms with Crippen LogP contribution in [0.2, 0.25) is 0 Å². The van der Waals surface area contributed by atoms with E-state index in [1.54, 1.807) is 11.3 Å². The van der Waals surface area contributed by atoms with Crippen molar-refractivity contribution in [2.24, 2.45) is 0 Å². The molecule has 0 aromatic carbocycles. The van der Waals surface area contributed by atoms with Crippen molar-refractivity contribution < 1.29 is 9.84 Å². The summed E-state index contributed by atoms with van der Waals surface area (Å²) in [5.41, 5.74) is 1.23. The minimum atomic E-state index is 0.0124. The molecule has 2 rings (SSSR count). The number of hydrogen-bond acceptors (Lipinski definition) is 5. The number of aliphatic hydroxyl groups is 1. The lowest BCUT2D eigenvalue weighted by atomic mass is 9.87. The first-order valence-electron chi connectivity index (χ1n) is 7.34. The van der Waals surface area contributed by atoms with E-state index in [0.717, 1.165) is 44.7 Å². The summed E-state index contributed by atoms with van der Waals surface area (Å²) >= 11 is 1.73. The smallest absolute Gasteiger partial charge is 0.0982 e. The van der Waals surface area contributed by atoms with Crippen LogP contribution in [0.1, 0.15) is 50.7 Å². The maximum Gasteiger partial charge on any atom is 0.0982 e. The normalized spacial score (nSPS) is 19.2. The monoisotopic (exact) mass is 298 g/mol. The summed E-state index contributed by atoms with van der Waals surface area (Å²) in [4.78, 5) is 4.72. The lowest BCUT2D eigenvalue weighted by Gasteiger charge is -2.37. The summed E-state index contributed by atoms with van der Waals surface area (Å²) in [6.07, 6.45) is 2.71. The van der Waals surface area contributed by atoms with Gasteiger partial charge in [0.2, 0.25) is 0 Å². The average molecular weight is 298 g/mol. The van der Waals surface area contributed by atoms with Crippen LogP contribution in [0.15, 0.2) is 5.38 Å². The zero-order chi connectivity index (χ0) is 14.6. The molecule has 0 amide bonds. The van der Waals surface area contributed by atoms with E-state index in [1.165, 1.54) is 5.01 Å². The van der Waals surface area contributed by atoms with Gasteiger partial charge in [-0.15, -0.1) is 11.3 Å². The molecule has 4 nitrogen and oxygen atoms in total. The van der Waals surface area contributed by atoms with Crippen LogP contribution < -0.4 is 5.32 Å². The van der Waals surface area contributed by atoms with Crippen molar-refractivity contribution in [2.75, 3.05) is 19.8 Å². The highest BCUT2D eigenvalue weighted by Crippen LogP contribution is 2.27. The van der Waals surface area contributed by atoms with Crippen LogP contribution in [0.3, 0.4) is 0 Å². The molecule has 0 unspecified atom stereocenters. The molecular weight excluding hydrogens is 272 g/mol. The van der Waals surface area contributed by atoms with Crippen molar-refractivity contribution in [1.29, 1.82) is 0 Å². The predicted octanol–water partition coefficient (Wildman–Crippen LogP) is 2.46. The molecular formula is C15H26N2O2S. The first-order valence-corrected chi connectivity index (χ1v) is 8.22. The van der Waals surface area contributed by atoms with Gasteiger partial charge in [0, 0.05) is 42.7 Å². The Morgan fingerprint density at radius 3 is 2.65 bits per heavy atom. The molecule has 5 heteroatoms. The van der Waals surface area contributed by atoms with Crippen LogP contribution in [-0.4, -0.2) is 35.5 Å². The molecule has 2 N–H and O–H groups in total. The first-order chi connectivity index (χ1) is 9.45. The van der Waals surface area contributed by atoms with Gasteiger partial charge < -0.3 is 15.2 Å². The molecule has 1 aromatic heterocycles.